The van der Waals surface area contributed by atoms with Crippen molar-refractivity contribution in [3.05, 3.63) is 0 Å². The number of nitrogens with zero attached hydrogens (tertiary/aromatic N) is 2. The maximum atomic E-state index is 4.35. The van der Waals surface area contributed by atoms with Crippen molar-refractivity contribution in [2.45, 2.75) is 56.4 Å². The smallest absolute Gasteiger partial charge is 0.191 e. The summed E-state index contributed by atoms with van der Waals surface area (Å²) in [7, 11) is 1.87. The normalized spacial score (nSPS) is 27.1. The summed E-state index contributed by atoms with van der Waals surface area (Å²) in [5.74, 6) is 0.976. The number of thioether (sulfide) groups is 1. The molecule has 0 spiro atoms. The van der Waals surface area contributed by atoms with Gasteiger partial charge in [-0.25, -0.2) is 0 Å². The van der Waals surface area contributed by atoms with E-state index in [4.69, 9.17) is 0 Å². The molecule has 2 aliphatic rings. The van der Waals surface area contributed by atoms with Crippen LogP contribution in [0.3, 0.4) is 0 Å². The van der Waals surface area contributed by atoms with Gasteiger partial charge in [0.15, 0.2) is 5.96 Å². The maximum Gasteiger partial charge on any atom is 0.191 e. The standard InChI is InChI=1S/C15H30N4S/c1-4-19(13-6-7-13)10-9-17-15(16-2)18-12-5-8-14(11-12)20-3/h12-14H,4-11H2,1-3H3,(H2,16,17,18). The Hall–Kier alpha value is -0.420. The van der Waals surface area contributed by atoms with E-state index in [1.165, 1.54) is 32.1 Å². The monoisotopic (exact) mass is 298 g/mol. The summed E-state index contributed by atoms with van der Waals surface area (Å²) in [5, 5.41) is 7.87. The topological polar surface area (TPSA) is 39.7 Å². The largest absolute Gasteiger partial charge is 0.355 e. The number of hydrogen-bond donors (Lipinski definition) is 2. The molecule has 2 atom stereocenters. The van der Waals surface area contributed by atoms with Gasteiger partial charge in [0.2, 0.25) is 0 Å². The van der Waals surface area contributed by atoms with E-state index < -0.39 is 0 Å². The molecule has 0 saturated heterocycles. The number of hydrogen-bond acceptors (Lipinski definition) is 3. The predicted octanol–water partition coefficient (Wildman–Crippen LogP) is 1.92. The van der Waals surface area contributed by atoms with E-state index in [-0.39, 0.29) is 0 Å². The lowest BCUT2D eigenvalue weighted by molar-refractivity contribution is 0.282. The molecular formula is C15H30N4S. The fourth-order valence-electron chi connectivity index (χ4n) is 3.03. The minimum Gasteiger partial charge on any atom is -0.355 e. The average Bonchev–Trinajstić information content (AvgIpc) is 3.21. The SMILES string of the molecule is CCN(CCNC(=NC)NC1CCC(SC)C1)C1CC1. The Morgan fingerprint density at radius 2 is 2.10 bits per heavy atom. The summed E-state index contributed by atoms with van der Waals surface area (Å²) in [6.45, 7) is 5.53. The van der Waals surface area contributed by atoms with Gasteiger partial charge in [-0.15, -0.1) is 0 Å². The van der Waals surface area contributed by atoms with E-state index >= 15 is 0 Å². The molecule has 20 heavy (non-hydrogen) atoms. The van der Waals surface area contributed by atoms with E-state index in [0.717, 1.165) is 36.9 Å². The molecule has 0 aliphatic heterocycles. The van der Waals surface area contributed by atoms with Crippen LogP contribution in [0.15, 0.2) is 4.99 Å². The van der Waals surface area contributed by atoms with Crippen LogP contribution in [0.1, 0.15) is 39.0 Å². The summed E-state index contributed by atoms with van der Waals surface area (Å²) in [4.78, 5) is 6.92. The first-order valence-electron chi connectivity index (χ1n) is 8.00. The second-order valence-corrected chi connectivity index (χ2v) is 7.01. The first-order valence-corrected chi connectivity index (χ1v) is 9.29. The molecule has 0 aromatic carbocycles. The van der Waals surface area contributed by atoms with Crippen molar-refractivity contribution in [1.82, 2.24) is 15.5 Å². The van der Waals surface area contributed by atoms with Gasteiger partial charge in [0, 0.05) is 37.5 Å². The first kappa shape index (κ1) is 16.0. The van der Waals surface area contributed by atoms with Crippen LogP contribution in [0.2, 0.25) is 0 Å². The molecule has 0 amide bonds. The predicted molar refractivity (Wildman–Crippen MR) is 89.7 cm³/mol. The van der Waals surface area contributed by atoms with Crippen molar-refractivity contribution >= 4 is 17.7 Å². The average molecular weight is 299 g/mol. The molecule has 4 nitrogen and oxygen atoms in total. The molecule has 0 heterocycles. The third-order valence-corrected chi connectivity index (χ3v) is 5.54. The summed E-state index contributed by atoms with van der Waals surface area (Å²) in [6.07, 6.45) is 8.87. The second kappa shape index (κ2) is 8.13. The van der Waals surface area contributed by atoms with Crippen LogP contribution >= 0.6 is 11.8 Å². The van der Waals surface area contributed by atoms with E-state index in [0.29, 0.717) is 6.04 Å². The highest BCUT2D eigenvalue weighted by atomic mass is 32.2. The van der Waals surface area contributed by atoms with Crippen molar-refractivity contribution in [1.29, 1.82) is 0 Å². The van der Waals surface area contributed by atoms with Crippen molar-refractivity contribution in [3.63, 3.8) is 0 Å². The Labute approximate surface area is 128 Å². The van der Waals surface area contributed by atoms with Gasteiger partial charge in [-0.3, -0.25) is 9.89 Å². The van der Waals surface area contributed by atoms with E-state index in [9.17, 15) is 0 Å². The number of aliphatic imine (C=N–C) groups is 1. The van der Waals surface area contributed by atoms with Crippen LogP contribution in [0.4, 0.5) is 0 Å². The van der Waals surface area contributed by atoms with Crippen molar-refractivity contribution in [2.24, 2.45) is 4.99 Å². The molecular weight excluding hydrogens is 268 g/mol. The van der Waals surface area contributed by atoms with Gasteiger partial charge in [-0.1, -0.05) is 6.92 Å². The Balaban J connectivity index is 1.65. The highest BCUT2D eigenvalue weighted by Crippen LogP contribution is 2.28. The third kappa shape index (κ3) is 4.85. The zero-order valence-corrected chi connectivity index (χ0v) is 14.0. The Morgan fingerprint density at radius 1 is 1.30 bits per heavy atom. The molecule has 2 saturated carbocycles. The molecule has 2 N–H and O–H groups in total. The number of rotatable bonds is 7. The third-order valence-electron chi connectivity index (χ3n) is 4.44. The molecule has 5 heteroatoms. The minimum atomic E-state index is 0.601. The molecule has 0 aromatic rings. The van der Waals surface area contributed by atoms with Gasteiger partial charge in [0.1, 0.15) is 0 Å². The summed E-state index contributed by atoms with van der Waals surface area (Å²) in [5.41, 5.74) is 0. The fraction of sp³-hybridized carbons (Fsp3) is 0.933. The van der Waals surface area contributed by atoms with Crippen LogP contribution in [0, 0.1) is 0 Å². The molecule has 116 valence electrons. The zero-order chi connectivity index (χ0) is 14.4. The van der Waals surface area contributed by atoms with Gasteiger partial charge < -0.3 is 10.6 Å². The maximum absolute atomic E-state index is 4.35. The van der Waals surface area contributed by atoms with E-state index in [2.05, 4.69) is 33.7 Å². The van der Waals surface area contributed by atoms with Crippen molar-refractivity contribution in [3.8, 4) is 0 Å². The molecule has 2 unspecified atom stereocenters. The van der Waals surface area contributed by atoms with Crippen LogP contribution in [-0.2, 0) is 0 Å². The summed E-state index contributed by atoms with van der Waals surface area (Å²) >= 11 is 2.00. The summed E-state index contributed by atoms with van der Waals surface area (Å²) in [6, 6.07) is 1.46. The highest BCUT2D eigenvalue weighted by Gasteiger charge is 2.27. The van der Waals surface area contributed by atoms with Crippen LogP contribution < -0.4 is 10.6 Å². The lowest BCUT2D eigenvalue weighted by atomic mass is 10.2. The first-order chi connectivity index (χ1) is 9.76. The van der Waals surface area contributed by atoms with E-state index in [1.54, 1.807) is 0 Å². The number of guanidine groups is 1. The van der Waals surface area contributed by atoms with Crippen molar-refractivity contribution < 1.29 is 0 Å². The van der Waals surface area contributed by atoms with Crippen LogP contribution in [-0.4, -0.2) is 61.1 Å². The fourth-order valence-corrected chi connectivity index (χ4v) is 3.83. The molecule has 0 radical (unpaired) electrons. The van der Waals surface area contributed by atoms with Gasteiger partial charge in [0.05, 0.1) is 0 Å². The lowest BCUT2D eigenvalue weighted by Crippen LogP contribution is -2.45. The molecule has 0 aromatic heterocycles. The van der Waals surface area contributed by atoms with Gasteiger partial charge in [-0.2, -0.15) is 11.8 Å². The molecule has 0 bridgehead atoms. The zero-order valence-electron chi connectivity index (χ0n) is 13.2. The van der Waals surface area contributed by atoms with E-state index in [1.807, 2.05) is 18.8 Å². The Kier molecular flexibility index (Phi) is 6.49. The van der Waals surface area contributed by atoms with Gasteiger partial charge in [-0.05, 0) is 44.9 Å². The molecule has 2 fully saturated rings. The Bertz CT molecular complexity index is 317. The second-order valence-electron chi connectivity index (χ2n) is 5.87. The minimum absolute atomic E-state index is 0.601. The van der Waals surface area contributed by atoms with Crippen LogP contribution in [0.5, 0.6) is 0 Å². The number of likely N-dealkylation sites (N-methyl/N-ethyl adjacent to an activating group) is 1. The number of nitrogens with one attached hydrogen (secondary N) is 2. The van der Waals surface area contributed by atoms with Gasteiger partial charge >= 0.3 is 0 Å². The highest BCUT2D eigenvalue weighted by molar-refractivity contribution is 7.99. The molecule has 2 aliphatic carbocycles. The van der Waals surface area contributed by atoms with Gasteiger partial charge in [0.25, 0.3) is 0 Å². The van der Waals surface area contributed by atoms with Crippen LogP contribution in [0.25, 0.3) is 0 Å². The van der Waals surface area contributed by atoms with Crippen molar-refractivity contribution in [2.75, 3.05) is 32.9 Å². The molecule has 2 rings (SSSR count). The summed E-state index contributed by atoms with van der Waals surface area (Å²) < 4.78 is 0. The quantitative estimate of drug-likeness (QED) is 0.556. The lowest BCUT2D eigenvalue weighted by Gasteiger charge is -2.22. The Morgan fingerprint density at radius 3 is 2.65 bits per heavy atom.